The summed E-state index contributed by atoms with van der Waals surface area (Å²) in [5.41, 5.74) is 1.22. The number of nitrogens with zero attached hydrogens (tertiary/aromatic N) is 3. The van der Waals surface area contributed by atoms with E-state index in [1.807, 2.05) is 24.3 Å². The van der Waals surface area contributed by atoms with Crippen molar-refractivity contribution in [3.8, 4) is 23.1 Å². The molecular weight excluding hydrogens is 475 g/mol. The van der Waals surface area contributed by atoms with E-state index < -0.39 is 11.5 Å². The number of nitriles is 1. The number of nitrogens with one attached hydrogen (secondary N) is 1. The lowest BCUT2D eigenvalue weighted by atomic mass is 10.2. The molecule has 4 rings (SSSR count). The van der Waals surface area contributed by atoms with Crippen molar-refractivity contribution in [2.75, 3.05) is 5.32 Å². The van der Waals surface area contributed by atoms with Crippen molar-refractivity contribution in [2.24, 2.45) is 7.05 Å². The number of halogens is 2. The number of para-hydroxylation sites is 1. The van der Waals surface area contributed by atoms with E-state index in [0.29, 0.717) is 32.8 Å². The van der Waals surface area contributed by atoms with Gasteiger partial charge in [-0.2, -0.15) is 5.26 Å². The fraction of sp³-hybridized carbons (Fsp3) is 0.0800. The molecule has 2 aromatic carbocycles. The van der Waals surface area contributed by atoms with Crippen LogP contribution in [0.5, 0.6) is 0 Å². The Morgan fingerprint density at radius 1 is 1.12 bits per heavy atom. The van der Waals surface area contributed by atoms with Crippen molar-refractivity contribution < 1.29 is 9.21 Å². The Morgan fingerprint density at radius 3 is 2.56 bits per heavy atom. The zero-order valence-electron chi connectivity index (χ0n) is 18.2. The molecule has 0 unspecified atom stereocenters. The monoisotopic (exact) mass is 492 g/mol. The molecule has 0 saturated heterocycles. The number of aromatic nitrogens is 2. The average Bonchev–Trinajstić information content (AvgIpc) is 3.38. The van der Waals surface area contributed by atoms with Crippen LogP contribution in [-0.4, -0.2) is 15.3 Å². The van der Waals surface area contributed by atoms with Crippen molar-refractivity contribution in [1.29, 1.82) is 5.26 Å². The van der Waals surface area contributed by atoms with Gasteiger partial charge in [-0.05, 0) is 49.4 Å². The maximum absolute atomic E-state index is 13.0. The first-order chi connectivity index (χ1) is 16.3. The lowest BCUT2D eigenvalue weighted by Crippen LogP contribution is -2.23. The number of furan rings is 1. The maximum Gasteiger partial charge on any atom is 0.295 e. The van der Waals surface area contributed by atoms with Gasteiger partial charge in [0, 0.05) is 23.7 Å². The second-order valence-corrected chi connectivity index (χ2v) is 8.23. The summed E-state index contributed by atoms with van der Waals surface area (Å²) >= 11 is 12.3. The first kappa shape index (κ1) is 23.2. The molecule has 0 bridgehead atoms. The number of rotatable bonds is 5. The number of benzene rings is 2. The fourth-order valence-electron chi connectivity index (χ4n) is 3.45. The third kappa shape index (κ3) is 4.42. The molecule has 2 aromatic heterocycles. The predicted molar refractivity (Wildman–Crippen MR) is 132 cm³/mol. The third-order valence-electron chi connectivity index (χ3n) is 5.27. The Morgan fingerprint density at radius 2 is 1.85 bits per heavy atom. The van der Waals surface area contributed by atoms with Crippen LogP contribution in [-0.2, 0) is 11.8 Å². The van der Waals surface area contributed by atoms with Gasteiger partial charge < -0.3 is 9.73 Å². The van der Waals surface area contributed by atoms with Crippen LogP contribution in [0, 0.1) is 18.3 Å². The summed E-state index contributed by atoms with van der Waals surface area (Å²) in [5.74, 6) is -0.0300. The maximum atomic E-state index is 13.0. The van der Waals surface area contributed by atoms with Gasteiger partial charge in [0.2, 0.25) is 0 Å². The third-order valence-corrected chi connectivity index (χ3v) is 5.83. The van der Waals surface area contributed by atoms with Gasteiger partial charge in [0.05, 0.1) is 16.4 Å². The van der Waals surface area contributed by atoms with Crippen LogP contribution in [0.1, 0.15) is 11.5 Å². The molecule has 34 heavy (non-hydrogen) atoms. The van der Waals surface area contributed by atoms with Crippen LogP contribution >= 0.6 is 23.2 Å². The Kier molecular flexibility index (Phi) is 6.46. The second kappa shape index (κ2) is 9.48. The standard InChI is InChI=1S/C25H18Cl2N4O3/c1-15-23(25(33)31(30(15)2)18-6-4-3-5-7-18)29-24(32)16(14-28)12-19-9-11-22(34-19)20-13-17(26)8-10-21(20)27/h3-13H,1-2H3,(H,29,32). The van der Waals surface area contributed by atoms with Crippen molar-refractivity contribution in [1.82, 2.24) is 9.36 Å². The Bertz CT molecular complexity index is 1520. The molecule has 0 fully saturated rings. The topological polar surface area (TPSA) is 93.0 Å². The summed E-state index contributed by atoms with van der Waals surface area (Å²) in [6.07, 6.45) is 1.30. The van der Waals surface area contributed by atoms with Crippen LogP contribution in [0.4, 0.5) is 5.69 Å². The van der Waals surface area contributed by atoms with Gasteiger partial charge in [0.1, 0.15) is 28.9 Å². The number of hydrogen-bond donors (Lipinski definition) is 1. The molecule has 4 aromatic rings. The van der Waals surface area contributed by atoms with Gasteiger partial charge in [0.15, 0.2) is 0 Å². The summed E-state index contributed by atoms with van der Waals surface area (Å²) in [5, 5.41) is 13.1. The average molecular weight is 493 g/mol. The zero-order valence-corrected chi connectivity index (χ0v) is 19.7. The van der Waals surface area contributed by atoms with E-state index in [4.69, 9.17) is 27.6 Å². The Balaban J connectivity index is 1.63. The molecule has 0 spiro atoms. The van der Waals surface area contributed by atoms with E-state index >= 15 is 0 Å². The highest BCUT2D eigenvalue weighted by Gasteiger charge is 2.20. The highest BCUT2D eigenvalue weighted by atomic mass is 35.5. The number of anilines is 1. The summed E-state index contributed by atoms with van der Waals surface area (Å²) < 4.78 is 8.82. The smallest absolute Gasteiger partial charge is 0.295 e. The van der Waals surface area contributed by atoms with Crippen molar-refractivity contribution in [3.63, 3.8) is 0 Å². The normalized spacial score (nSPS) is 11.3. The molecule has 2 heterocycles. The molecule has 0 aliphatic heterocycles. The number of hydrogen-bond acceptors (Lipinski definition) is 4. The minimum absolute atomic E-state index is 0.0864. The van der Waals surface area contributed by atoms with Gasteiger partial charge in [-0.3, -0.25) is 14.3 Å². The first-order valence-electron chi connectivity index (χ1n) is 10.1. The molecule has 0 saturated carbocycles. The molecule has 0 aliphatic carbocycles. The first-order valence-corrected chi connectivity index (χ1v) is 10.9. The summed E-state index contributed by atoms with van der Waals surface area (Å²) in [6, 6.07) is 19.1. The molecule has 1 N–H and O–H groups in total. The number of carbonyl (C=O) groups is 1. The van der Waals surface area contributed by atoms with E-state index in [-0.39, 0.29) is 17.0 Å². The lowest BCUT2D eigenvalue weighted by Gasteiger charge is -2.07. The molecule has 7 nitrogen and oxygen atoms in total. The van der Waals surface area contributed by atoms with Crippen molar-refractivity contribution in [3.05, 3.63) is 98.1 Å². The molecule has 0 atom stereocenters. The zero-order chi connectivity index (χ0) is 24.4. The number of carbonyl (C=O) groups excluding carboxylic acids is 1. The van der Waals surface area contributed by atoms with Crippen LogP contribution in [0.25, 0.3) is 23.1 Å². The molecule has 170 valence electrons. The van der Waals surface area contributed by atoms with E-state index in [1.54, 1.807) is 61.1 Å². The lowest BCUT2D eigenvalue weighted by molar-refractivity contribution is -0.112. The molecule has 1 amide bonds. The van der Waals surface area contributed by atoms with E-state index in [2.05, 4.69) is 5.32 Å². The van der Waals surface area contributed by atoms with Crippen molar-refractivity contribution >= 4 is 40.9 Å². The van der Waals surface area contributed by atoms with E-state index in [1.165, 1.54) is 10.8 Å². The Hall–Kier alpha value is -3.99. The van der Waals surface area contributed by atoms with Gasteiger partial charge in [-0.1, -0.05) is 41.4 Å². The minimum atomic E-state index is -0.729. The number of amides is 1. The summed E-state index contributed by atoms with van der Waals surface area (Å²) in [6.45, 7) is 1.71. The van der Waals surface area contributed by atoms with E-state index in [9.17, 15) is 14.9 Å². The van der Waals surface area contributed by atoms with Crippen LogP contribution in [0.15, 0.2) is 75.4 Å². The molecular formula is C25H18Cl2N4O3. The van der Waals surface area contributed by atoms with Crippen LogP contribution < -0.4 is 10.9 Å². The van der Waals surface area contributed by atoms with Gasteiger partial charge in [0.25, 0.3) is 11.5 Å². The largest absolute Gasteiger partial charge is 0.457 e. The van der Waals surface area contributed by atoms with Crippen LogP contribution in [0.3, 0.4) is 0 Å². The van der Waals surface area contributed by atoms with Crippen LogP contribution in [0.2, 0.25) is 10.0 Å². The quantitative estimate of drug-likeness (QED) is 0.290. The van der Waals surface area contributed by atoms with Gasteiger partial charge in [-0.25, -0.2) is 4.68 Å². The summed E-state index contributed by atoms with van der Waals surface area (Å²) in [7, 11) is 1.71. The highest BCUT2D eigenvalue weighted by Crippen LogP contribution is 2.32. The minimum Gasteiger partial charge on any atom is -0.457 e. The SMILES string of the molecule is Cc1c(NC(=O)C(C#N)=Cc2ccc(-c3cc(Cl)ccc3Cl)o2)c(=O)n(-c2ccccc2)n1C. The molecule has 0 aliphatic rings. The highest BCUT2D eigenvalue weighted by molar-refractivity contribution is 6.35. The van der Waals surface area contributed by atoms with Gasteiger partial charge in [-0.15, -0.1) is 0 Å². The predicted octanol–water partition coefficient (Wildman–Crippen LogP) is 5.60. The fourth-order valence-corrected chi connectivity index (χ4v) is 3.83. The summed E-state index contributed by atoms with van der Waals surface area (Å²) in [4.78, 5) is 25.9. The van der Waals surface area contributed by atoms with E-state index in [0.717, 1.165) is 0 Å². The Labute approximate surface area is 205 Å². The molecule has 0 radical (unpaired) electrons. The second-order valence-electron chi connectivity index (χ2n) is 7.39. The van der Waals surface area contributed by atoms with Crippen molar-refractivity contribution in [2.45, 2.75) is 6.92 Å². The molecule has 9 heteroatoms. The van der Waals surface area contributed by atoms with Gasteiger partial charge >= 0.3 is 0 Å².